The fraction of sp³-hybridized carbons (Fsp3) is 0.647. The van der Waals surface area contributed by atoms with E-state index in [1.54, 1.807) is 0 Å². The molecule has 0 amide bonds. The van der Waals surface area contributed by atoms with Crippen LogP contribution in [-0.4, -0.2) is 31.1 Å². The van der Waals surface area contributed by atoms with Crippen LogP contribution in [0.15, 0.2) is 24.3 Å². The van der Waals surface area contributed by atoms with Gasteiger partial charge in [0, 0.05) is 6.54 Å². The SMILES string of the molecule is CCN(CC)CCCOc1ccccc1C(C)(C)C. The maximum atomic E-state index is 5.98. The van der Waals surface area contributed by atoms with Crippen LogP contribution in [0.4, 0.5) is 0 Å². The summed E-state index contributed by atoms with van der Waals surface area (Å²) < 4.78 is 5.98. The molecule has 2 nitrogen and oxygen atoms in total. The van der Waals surface area contributed by atoms with Crippen LogP contribution in [0.1, 0.15) is 46.6 Å². The molecule has 0 heterocycles. The molecule has 0 saturated heterocycles. The summed E-state index contributed by atoms with van der Waals surface area (Å²) in [5.74, 6) is 1.04. The average molecular weight is 263 g/mol. The highest BCUT2D eigenvalue weighted by Crippen LogP contribution is 2.30. The Balaban J connectivity index is 2.50. The van der Waals surface area contributed by atoms with E-state index in [0.29, 0.717) is 0 Å². The molecule has 0 aliphatic rings. The molecule has 0 fully saturated rings. The number of para-hydroxylation sites is 1. The van der Waals surface area contributed by atoms with E-state index in [-0.39, 0.29) is 5.41 Å². The minimum atomic E-state index is 0.134. The van der Waals surface area contributed by atoms with E-state index >= 15 is 0 Å². The lowest BCUT2D eigenvalue weighted by molar-refractivity contribution is 0.246. The minimum absolute atomic E-state index is 0.134. The van der Waals surface area contributed by atoms with Gasteiger partial charge in [0.05, 0.1) is 6.61 Å². The predicted molar refractivity (Wildman–Crippen MR) is 83.0 cm³/mol. The highest BCUT2D eigenvalue weighted by Gasteiger charge is 2.18. The third-order valence-corrected chi connectivity index (χ3v) is 3.47. The van der Waals surface area contributed by atoms with Gasteiger partial charge in [-0.25, -0.2) is 0 Å². The fourth-order valence-corrected chi connectivity index (χ4v) is 2.22. The standard InChI is InChI=1S/C17H29NO/c1-6-18(7-2)13-10-14-19-16-12-9-8-11-15(16)17(3,4)5/h8-9,11-12H,6-7,10,13-14H2,1-5H3. The van der Waals surface area contributed by atoms with Crippen LogP contribution in [0, 0.1) is 0 Å². The lowest BCUT2D eigenvalue weighted by atomic mass is 9.86. The second-order valence-corrected chi connectivity index (χ2v) is 5.98. The van der Waals surface area contributed by atoms with Crippen molar-refractivity contribution in [3.05, 3.63) is 29.8 Å². The van der Waals surface area contributed by atoms with Crippen molar-refractivity contribution in [1.29, 1.82) is 0 Å². The Morgan fingerprint density at radius 1 is 1.05 bits per heavy atom. The van der Waals surface area contributed by atoms with E-state index in [0.717, 1.165) is 38.4 Å². The fourth-order valence-electron chi connectivity index (χ4n) is 2.22. The van der Waals surface area contributed by atoms with Crippen molar-refractivity contribution in [2.45, 2.75) is 46.5 Å². The summed E-state index contributed by atoms with van der Waals surface area (Å²) in [6, 6.07) is 8.38. The van der Waals surface area contributed by atoms with E-state index in [2.05, 4.69) is 63.8 Å². The molecule has 0 saturated carbocycles. The third kappa shape index (κ3) is 5.23. The van der Waals surface area contributed by atoms with Crippen molar-refractivity contribution in [1.82, 2.24) is 4.90 Å². The van der Waals surface area contributed by atoms with Crippen LogP contribution in [0.5, 0.6) is 5.75 Å². The summed E-state index contributed by atoms with van der Waals surface area (Å²) in [6.45, 7) is 15.2. The number of benzene rings is 1. The van der Waals surface area contributed by atoms with Crippen molar-refractivity contribution >= 4 is 0 Å². The maximum absolute atomic E-state index is 5.98. The Morgan fingerprint density at radius 3 is 2.26 bits per heavy atom. The molecule has 0 aliphatic carbocycles. The number of ether oxygens (including phenoxy) is 1. The Bertz CT molecular complexity index is 364. The lowest BCUT2D eigenvalue weighted by Crippen LogP contribution is -2.25. The molecule has 0 radical (unpaired) electrons. The van der Waals surface area contributed by atoms with Gasteiger partial charge in [-0.1, -0.05) is 52.8 Å². The first kappa shape index (κ1) is 16.0. The normalized spacial score (nSPS) is 11.9. The summed E-state index contributed by atoms with van der Waals surface area (Å²) in [6.07, 6.45) is 1.08. The van der Waals surface area contributed by atoms with E-state index in [4.69, 9.17) is 4.74 Å². The second kappa shape index (κ2) is 7.54. The van der Waals surface area contributed by atoms with E-state index in [1.165, 1.54) is 5.56 Å². The summed E-state index contributed by atoms with van der Waals surface area (Å²) in [7, 11) is 0. The van der Waals surface area contributed by atoms with Crippen LogP contribution in [0.25, 0.3) is 0 Å². The third-order valence-electron chi connectivity index (χ3n) is 3.47. The monoisotopic (exact) mass is 263 g/mol. The molecule has 19 heavy (non-hydrogen) atoms. The van der Waals surface area contributed by atoms with Crippen LogP contribution in [-0.2, 0) is 5.41 Å². The highest BCUT2D eigenvalue weighted by molar-refractivity contribution is 5.38. The highest BCUT2D eigenvalue weighted by atomic mass is 16.5. The largest absolute Gasteiger partial charge is 0.493 e. The Kier molecular flexibility index (Phi) is 6.36. The maximum Gasteiger partial charge on any atom is 0.123 e. The Labute approximate surface area is 118 Å². The number of hydrogen-bond donors (Lipinski definition) is 0. The molecule has 2 heteroatoms. The number of rotatable bonds is 7. The van der Waals surface area contributed by atoms with Gasteiger partial charge in [-0.05, 0) is 36.6 Å². The van der Waals surface area contributed by atoms with Gasteiger partial charge >= 0.3 is 0 Å². The van der Waals surface area contributed by atoms with Crippen molar-refractivity contribution < 1.29 is 4.74 Å². The molecule has 0 spiro atoms. The molecule has 0 aliphatic heterocycles. The molecule has 0 atom stereocenters. The van der Waals surface area contributed by atoms with Crippen LogP contribution < -0.4 is 4.74 Å². The molecule has 0 bridgehead atoms. The molecule has 0 unspecified atom stereocenters. The van der Waals surface area contributed by atoms with Gasteiger partial charge < -0.3 is 9.64 Å². The first-order chi connectivity index (χ1) is 8.99. The van der Waals surface area contributed by atoms with Crippen LogP contribution in [0.3, 0.4) is 0 Å². The van der Waals surface area contributed by atoms with Crippen molar-refractivity contribution in [2.24, 2.45) is 0 Å². The van der Waals surface area contributed by atoms with Crippen LogP contribution in [0.2, 0.25) is 0 Å². The summed E-state index contributed by atoms with van der Waals surface area (Å²) >= 11 is 0. The first-order valence-corrected chi connectivity index (χ1v) is 7.43. The molecule has 1 rings (SSSR count). The van der Waals surface area contributed by atoms with Gasteiger partial charge in [0.25, 0.3) is 0 Å². The predicted octanol–water partition coefficient (Wildman–Crippen LogP) is 4.09. The minimum Gasteiger partial charge on any atom is -0.493 e. The average Bonchev–Trinajstić information content (AvgIpc) is 2.38. The first-order valence-electron chi connectivity index (χ1n) is 7.43. The van der Waals surface area contributed by atoms with Gasteiger partial charge in [-0.3, -0.25) is 0 Å². The summed E-state index contributed by atoms with van der Waals surface area (Å²) in [5, 5.41) is 0. The summed E-state index contributed by atoms with van der Waals surface area (Å²) in [5.41, 5.74) is 1.42. The zero-order chi connectivity index (χ0) is 14.3. The molecule has 1 aromatic rings. The molecule has 0 aromatic heterocycles. The molecular weight excluding hydrogens is 234 g/mol. The zero-order valence-corrected chi connectivity index (χ0v) is 13.2. The van der Waals surface area contributed by atoms with Crippen molar-refractivity contribution in [3.8, 4) is 5.75 Å². The summed E-state index contributed by atoms with van der Waals surface area (Å²) in [4.78, 5) is 2.43. The Morgan fingerprint density at radius 2 is 1.68 bits per heavy atom. The molecule has 108 valence electrons. The molecule has 1 aromatic carbocycles. The topological polar surface area (TPSA) is 12.5 Å². The Hall–Kier alpha value is -1.02. The van der Waals surface area contributed by atoms with E-state index < -0.39 is 0 Å². The molecular formula is C17H29NO. The smallest absolute Gasteiger partial charge is 0.123 e. The van der Waals surface area contributed by atoms with Crippen LogP contribution >= 0.6 is 0 Å². The quantitative estimate of drug-likeness (QED) is 0.687. The van der Waals surface area contributed by atoms with Crippen molar-refractivity contribution in [2.75, 3.05) is 26.2 Å². The molecule has 0 N–H and O–H groups in total. The van der Waals surface area contributed by atoms with Gasteiger partial charge in [0.2, 0.25) is 0 Å². The van der Waals surface area contributed by atoms with E-state index in [9.17, 15) is 0 Å². The van der Waals surface area contributed by atoms with Gasteiger partial charge in [-0.2, -0.15) is 0 Å². The van der Waals surface area contributed by atoms with E-state index in [1.807, 2.05) is 0 Å². The van der Waals surface area contributed by atoms with Gasteiger partial charge in [-0.15, -0.1) is 0 Å². The number of nitrogens with zero attached hydrogens (tertiary/aromatic N) is 1. The van der Waals surface area contributed by atoms with Gasteiger partial charge in [0.15, 0.2) is 0 Å². The van der Waals surface area contributed by atoms with Gasteiger partial charge in [0.1, 0.15) is 5.75 Å². The van der Waals surface area contributed by atoms with Crippen molar-refractivity contribution in [3.63, 3.8) is 0 Å². The second-order valence-electron chi connectivity index (χ2n) is 5.98. The lowest BCUT2D eigenvalue weighted by Gasteiger charge is -2.23. The zero-order valence-electron chi connectivity index (χ0n) is 13.2. The number of hydrogen-bond acceptors (Lipinski definition) is 2.